The summed E-state index contributed by atoms with van der Waals surface area (Å²) in [5, 5.41) is 9.33. The Hall–Kier alpha value is -2.07. The van der Waals surface area contributed by atoms with Crippen LogP contribution >= 0.6 is 11.6 Å². The molecule has 1 heterocycles. The van der Waals surface area contributed by atoms with E-state index in [1.54, 1.807) is 24.4 Å². The minimum Gasteiger partial charge on any atom is -0.478 e. The second-order valence-electron chi connectivity index (χ2n) is 4.31. The first-order valence-corrected chi connectivity index (χ1v) is 6.73. The molecular formula is C15H15ClN2O2. The fraction of sp³-hybridized carbons (Fsp3) is 0.200. The van der Waals surface area contributed by atoms with Gasteiger partial charge in [0, 0.05) is 30.5 Å². The molecule has 4 nitrogen and oxygen atoms in total. The number of hydrogen-bond acceptors (Lipinski definition) is 2. The van der Waals surface area contributed by atoms with Gasteiger partial charge in [0.05, 0.1) is 10.7 Å². The van der Waals surface area contributed by atoms with Crippen molar-refractivity contribution in [2.45, 2.75) is 19.8 Å². The Morgan fingerprint density at radius 1 is 1.50 bits per heavy atom. The molecule has 20 heavy (non-hydrogen) atoms. The second kappa shape index (κ2) is 6.39. The van der Waals surface area contributed by atoms with Gasteiger partial charge in [-0.2, -0.15) is 0 Å². The van der Waals surface area contributed by atoms with E-state index in [9.17, 15) is 4.79 Å². The Kier molecular flexibility index (Phi) is 4.58. The summed E-state index contributed by atoms with van der Waals surface area (Å²) < 4.78 is 1.91. The Morgan fingerprint density at radius 2 is 2.30 bits per heavy atom. The van der Waals surface area contributed by atoms with Gasteiger partial charge in [-0.3, -0.25) is 0 Å². The smallest absolute Gasteiger partial charge is 0.328 e. The number of hydrogen-bond donors (Lipinski definition) is 1. The molecule has 0 radical (unpaired) electrons. The van der Waals surface area contributed by atoms with E-state index >= 15 is 0 Å². The number of imidazole rings is 1. The summed E-state index contributed by atoms with van der Waals surface area (Å²) in [5.41, 5.74) is 1.50. The number of nitrogens with zero attached hydrogens (tertiary/aromatic N) is 2. The van der Waals surface area contributed by atoms with Crippen molar-refractivity contribution in [2.24, 2.45) is 0 Å². The first-order chi connectivity index (χ1) is 9.63. The fourth-order valence-electron chi connectivity index (χ4n) is 2.03. The number of rotatable bonds is 5. The molecule has 0 atom stereocenters. The fourth-order valence-corrected chi connectivity index (χ4v) is 2.30. The van der Waals surface area contributed by atoms with Crippen LogP contribution in [0.15, 0.2) is 36.7 Å². The summed E-state index contributed by atoms with van der Waals surface area (Å²) in [6.07, 6.45) is 8.01. The molecule has 0 bridgehead atoms. The van der Waals surface area contributed by atoms with Gasteiger partial charge in [-0.15, -0.1) is 0 Å². The Morgan fingerprint density at radius 3 is 3.00 bits per heavy atom. The number of aromatic nitrogens is 2. The zero-order chi connectivity index (χ0) is 14.5. The van der Waals surface area contributed by atoms with E-state index in [-0.39, 0.29) is 0 Å². The standard InChI is InChI=1S/C15H15ClN2O2/c1-2-4-13-17-9-10-18(13)15-11(7-8-14(19)20)5-3-6-12(15)16/h3,5-10H,2,4H2,1H3,(H,19,20)/b8-7+. The molecule has 0 fully saturated rings. The van der Waals surface area contributed by atoms with Crippen LogP contribution in [0.25, 0.3) is 11.8 Å². The van der Waals surface area contributed by atoms with Gasteiger partial charge in [0.15, 0.2) is 0 Å². The lowest BCUT2D eigenvalue weighted by atomic mass is 10.1. The number of aliphatic carboxylic acids is 1. The van der Waals surface area contributed by atoms with Crippen LogP contribution in [0, 0.1) is 0 Å². The Balaban J connectivity index is 2.54. The number of carbonyl (C=O) groups is 1. The van der Waals surface area contributed by atoms with E-state index in [0.717, 1.165) is 36.0 Å². The van der Waals surface area contributed by atoms with E-state index in [1.807, 2.05) is 16.8 Å². The lowest BCUT2D eigenvalue weighted by Crippen LogP contribution is -2.03. The number of halogens is 1. The predicted octanol–water partition coefficient (Wildman–Crippen LogP) is 3.58. The van der Waals surface area contributed by atoms with Crippen LogP contribution < -0.4 is 0 Å². The molecule has 0 aliphatic heterocycles. The highest BCUT2D eigenvalue weighted by Gasteiger charge is 2.11. The van der Waals surface area contributed by atoms with E-state index in [4.69, 9.17) is 16.7 Å². The van der Waals surface area contributed by atoms with Crippen LogP contribution in [-0.2, 0) is 11.2 Å². The van der Waals surface area contributed by atoms with Gasteiger partial charge >= 0.3 is 5.97 Å². The van der Waals surface area contributed by atoms with Crippen LogP contribution in [0.5, 0.6) is 0 Å². The molecule has 0 aliphatic carbocycles. The minimum atomic E-state index is -0.990. The highest BCUT2D eigenvalue weighted by Crippen LogP contribution is 2.27. The Labute approximate surface area is 122 Å². The van der Waals surface area contributed by atoms with E-state index in [1.165, 1.54) is 0 Å². The van der Waals surface area contributed by atoms with Crippen molar-refractivity contribution in [3.05, 3.63) is 53.1 Å². The average Bonchev–Trinajstić information content (AvgIpc) is 2.85. The topological polar surface area (TPSA) is 55.1 Å². The maximum atomic E-state index is 10.7. The predicted molar refractivity (Wildman–Crippen MR) is 79.2 cm³/mol. The molecule has 104 valence electrons. The molecule has 1 N–H and O–H groups in total. The quantitative estimate of drug-likeness (QED) is 0.856. The van der Waals surface area contributed by atoms with Crippen molar-refractivity contribution in [1.82, 2.24) is 9.55 Å². The lowest BCUT2D eigenvalue weighted by molar-refractivity contribution is -0.131. The molecular weight excluding hydrogens is 276 g/mol. The molecule has 1 aromatic heterocycles. The third-order valence-corrected chi connectivity index (χ3v) is 3.16. The largest absolute Gasteiger partial charge is 0.478 e. The molecule has 0 aliphatic rings. The zero-order valence-electron chi connectivity index (χ0n) is 11.1. The maximum Gasteiger partial charge on any atom is 0.328 e. The van der Waals surface area contributed by atoms with Crippen molar-refractivity contribution in [2.75, 3.05) is 0 Å². The molecule has 5 heteroatoms. The molecule has 2 rings (SSSR count). The van der Waals surface area contributed by atoms with Crippen molar-refractivity contribution in [3.8, 4) is 5.69 Å². The first kappa shape index (κ1) is 14.3. The highest BCUT2D eigenvalue weighted by atomic mass is 35.5. The number of carboxylic acid groups (broad SMARTS) is 1. The lowest BCUT2D eigenvalue weighted by Gasteiger charge is -2.12. The summed E-state index contributed by atoms with van der Waals surface area (Å²) in [5.74, 6) is -0.0825. The SMILES string of the molecule is CCCc1nccn1-c1c(Cl)cccc1/C=C/C(=O)O. The molecule has 0 saturated carbocycles. The number of benzene rings is 1. The summed E-state index contributed by atoms with van der Waals surface area (Å²) in [7, 11) is 0. The van der Waals surface area contributed by atoms with Gasteiger partial charge in [-0.25, -0.2) is 9.78 Å². The van der Waals surface area contributed by atoms with Crippen molar-refractivity contribution in [1.29, 1.82) is 0 Å². The van der Waals surface area contributed by atoms with Crippen molar-refractivity contribution < 1.29 is 9.90 Å². The molecule has 0 amide bonds. The normalized spacial score (nSPS) is 11.1. The summed E-state index contributed by atoms with van der Waals surface area (Å²) >= 11 is 6.28. The Bertz CT molecular complexity index is 647. The van der Waals surface area contributed by atoms with Gasteiger partial charge in [0.25, 0.3) is 0 Å². The molecule has 2 aromatic rings. The van der Waals surface area contributed by atoms with Crippen molar-refractivity contribution in [3.63, 3.8) is 0 Å². The number of carboxylic acids is 1. The number of aryl methyl sites for hydroxylation is 1. The van der Waals surface area contributed by atoms with Crippen LogP contribution in [0.1, 0.15) is 24.7 Å². The van der Waals surface area contributed by atoms with Crippen LogP contribution in [-0.4, -0.2) is 20.6 Å². The van der Waals surface area contributed by atoms with Gasteiger partial charge in [0.2, 0.25) is 0 Å². The molecule has 1 aromatic carbocycles. The average molecular weight is 291 g/mol. The second-order valence-corrected chi connectivity index (χ2v) is 4.72. The zero-order valence-corrected chi connectivity index (χ0v) is 11.8. The summed E-state index contributed by atoms with van der Waals surface area (Å²) in [6.45, 7) is 2.08. The minimum absolute atomic E-state index is 0.563. The maximum absolute atomic E-state index is 10.7. The van der Waals surface area contributed by atoms with Crippen molar-refractivity contribution >= 4 is 23.6 Å². The summed E-state index contributed by atoms with van der Waals surface area (Å²) in [6, 6.07) is 5.41. The van der Waals surface area contributed by atoms with Crippen LogP contribution in [0.4, 0.5) is 0 Å². The third kappa shape index (κ3) is 3.08. The third-order valence-electron chi connectivity index (χ3n) is 2.86. The van der Waals surface area contributed by atoms with Gasteiger partial charge in [-0.05, 0) is 18.6 Å². The van der Waals surface area contributed by atoms with E-state index in [2.05, 4.69) is 11.9 Å². The first-order valence-electron chi connectivity index (χ1n) is 6.35. The van der Waals surface area contributed by atoms with Crippen LogP contribution in [0.2, 0.25) is 5.02 Å². The van der Waals surface area contributed by atoms with Gasteiger partial charge in [-0.1, -0.05) is 30.7 Å². The molecule has 0 unspecified atom stereocenters. The molecule has 0 saturated heterocycles. The molecule has 0 spiro atoms. The van der Waals surface area contributed by atoms with E-state index < -0.39 is 5.97 Å². The summed E-state index contributed by atoms with van der Waals surface area (Å²) in [4.78, 5) is 15.0. The number of para-hydroxylation sites is 1. The van der Waals surface area contributed by atoms with Crippen LogP contribution in [0.3, 0.4) is 0 Å². The van der Waals surface area contributed by atoms with Gasteiger partial charge < -0.3 is 9.67 Å². The monoisotopic (exact) mass is 290 g/mol. The van der Waals surface area contributed by atoms with E-state index in [0.29, 0.717) is 5.02 Å². The highest BCUT2D eigenvalue weighted by molar-refractivity contribution is 6.32. The van der Waals surface area contributed by atoms with Gasteiger partial charge in [0.1, 0.15) is 5.82 Å².